The molecule has 0 aromatic heterocycles. The molecule has 1 aromatic rings. The molecule has 0 saturated heterocycles. The maximum atomic E-state index is 12.3. The Morgan fingerprint density at radius 3 is 2.30 bits per heavy atom. The van der Waals surface area contributed by atoms with Crippen molar-refractivity contribution in [1.82, 2.24) is 4.90 Å². The lowest BCUT2D eigenvalue weighted by atomic mass is 10.0. The van der Waals surface area contributed by atoms with E-state index in [1.54, 1.807) is 4.90 Å². The maximum absolute atomic E-state index is 12.3. The molecule has 0 aliphatic heterocycles. The molecule has 0 radical (unpaired) electrons. The van der Waals surface area contributed by atoms with Crippen molar-refractivity contribution in [2.75, 3.05) is 13.1 Å². The molecule has 0 bridgehead atoms. The summed E-state index contributed by atoms with van der Waals surface area (Å²) in [7, 11) is 0. The highest BCUT2D eigenvalue weighted by molar-refractivity contribution is 5.80. The fraction of sp³-hybridized carbons (Fsp3) is 0.588. The minimum Gasteiger partial charge on any atom is -0.481 e. The number of rotatable bonds is 6. The van der Waals surface area contributed by atoms with E-state index >= 15 is 0 Å². The monoisotopic (exact) mass is 277 g/mol. The molecule has 20 heavy (non-hydrogen) atoms. The van der Waals surface area contributed by atoms with Crippen molar-refractivity contribution in [3.05, 3.63) is 29.3 Å². The minimum atomic E-state index is -0.450. The summed E-state index contributed by atoms with van der Waals surface area (Å²) in [6, 6.07) is 6.18. The lowest BCUT2D eigenvalue weighted by Crippen LogP contribution is -2.40. The molecule has 1 amide bonds. The van der Waals surface area contributed by atoms with Crippen LogP contribution in [0.2, 0.25) is 0 Å². The summed E-state index contributed by atoms with van der Waals surface area (Å²) < 4.78 is 5.94. The molecular formula is C17H27NO2. The van der Waals surface area contributed by atoms with Crippen LogP contribution in [0.25, 0.3) is 0 Å². The summed E-state index contributed by atoms with van der Waals surface area (Å²) in [6.07, 6.45) is -0.450. The predicted octanol–water partition coefficient (Wildman–Crippen LogP) is 3.75. The van der Waals surface area contributed by atoms with E-state index in [9.17, 15) is 4.79 Å². The van der Waals surface area contributed by atoms with Crippen LogP contribution < -0.4 is 4.74 Å². The number of benzene rings is 1. The number of hydrogen-bond acceptors (Lipinski definition) is 2. The summed E-state index contributed by atoms with van der Waals surface area (Å²) >= 11 is 0. The van der Waals surface area contributed by atoms with Crippen LogP contribution in [0.4, 0.5) is 0 Å². The van der Waals surface area contributed by atoms with E-state index in [4.69, 9.17) is 4.74 Å². The standard InChI is InChI=1S/C17H27NO2/c1-7-18(8-2)17(19)14(6)20-16-11-13(5)9-10-15(16)12(3)4/h9-12,14H,7-8H2,1-6H3/t14-/m1/s1. The third kappa shape index (κ3) is 3.99. The van der Waals surface area contributed by atoms with E-state index in [1.165, 1.54) is 0 Å². The van der Waals surface area contributed by atoms with Gasteiger partial charge >= 0.3 is 0 Å². The minimum absolute atomic E-state index is 0.0474. The van der Waals surface area contributed by atoms with E-state index in [-0.39, 0.29) is 5.91 Å². The summed E-state index contributed by atoms with van der Waals surface area (Å²) in [5.74, 6) is 1.25. The Morgan fingerprint density at radius 1 is 1.20 bits per heavy atom. The molecule has 1 rings (SSSR count). The first kappa shape index (κ1) is 16.5. The van der Waals surface area contributed by atoms with E-state index < -0.39 is 6.10 Å². The summed E-state index contributed by atoms with van der Waals surface area (Å²) in [4.78, 5) is 14.1. The van der Waals surface area contributed by atoms with Gasteiger partial charge in [-0.15, -0.1) is 0 Å². The zero-order valence-corrected chi connectivity index (χ0v) is 13.6. The Bertz CT molecular complexity index is 450. The lowest BCUT2D eigenvalue weighted by Gasteiger charge is -2.25. The number of carbonyl (C=O) groups is 1. The van der Waals surface area contributed by atoms with E-state index in [0.29, 0.717) is 19.0 Å². The second-order valence-electron chi connectivity index (χ2n) is 5.47. The third-order valence-electron chi connectivity index (χ3n) is 3.52. The van der Waals surface area contributed by atoms with Crippen molar-refractivity contribution in [2.24, 2.45) is 0 Å². The molecule has 0 unspecified atom stereocenters. The summed E-state index contributed by atoms with van der Waals surface area (Å²) in [5.41, 5.74) is 2.29. The fourth-order valence-corrected chi connectivity index (χ4v) is 2.25. The molecule has 0 fully saturated rings. The fourth-order valence-electron chi connectivity index (χ4n) is 2.25. The van der Waals surface area contributed by atoms with Crippen LogP contribution in [0.5, 0.6) is 5.75 Å². The van der Waals surface area contributed by atoms with E-state index in [0.717, 1.165) is 16.9 Å². The molecule has 3 nitrogen and oxygen atoms in total. The SMILES string of the molecule is CCN(CC)C(=O)[C@@H](C)Oc1cc(C)ccc1C(C)C. The van der Waals surface area contributed by atoms with Crippen molar-refractivity contribution in [3.8, 4) is 5.75 Å². The Balaban J connectivity index is 2.92. The van der Waals surface area contributed by atoms with Gasteiger partial charge in [0.25, 0.3) is 5.91 Å². The zero-order chi connectivity index (χ0) is 15.3. The topological polar surface area (TPSA) is 29.5 Å². The van der Waals surface area contributed by atoms with E-state index in [2.05, 4.69) is 26.0 Å². The molecule has 0 aliphatic rings. The molecule has 0 aliphatic carbocycles. The van der Waals surface area contributed by atoms with Gasteiger partial charge in [0.05, 0.1) is 0 Å². The molecular weight excluding hydrogens is 250 g/mol. The van der Waals surface area contributed by atoms with Crippen molar-refractivity contribution < 1.29 is 9.53 Å². The van der Waals surface area contributed by atoms with Gasteiger partial charge in [-0.1, -0.05) is 26.0 Å². The van der Waals surface area contributed by atoms with Crippen LogP contribution in [0.15, 0.2) is 18.2 Å². The normalized spacial score (nSPS) is 12.3. The number of hydrogen-bond donors (Lipinski definition) is 0. The molecule has 0 saturated carbocycles. The lowest BCUT2D eigenvalue weighted by molar-refractivity contribution is -0.137. The number of aryl methyl sites for hydroxylation is 1. The predicted molar refractivity (Wildman–Crippen MR) is 83.3 cm³/mol. The van der Waals surface area contributed by atoms with Gasteiger partial charge in [-0.25, -0.2) is 0 Å². The Labute approximate surface area is 122 Å². The van der Waals surface area contributed by atoms with Gasteiger partial charge in [-0.2, -0.15) is 0 Å². The average molecular weight is 277 g/mol. The second kappa shape index (κ2) is 7.32. The third-order valence-corrected chi connectivity index (χ3v) is 3.52. The molecule has 112 valence electrons. The zero-order valence-electron chi connectivity index (χ0n) is 13.6. The molecule has 1 atom stereocenters. The molecule has 0 heterocycles. The Hall–Kier alpha value is -1.51. The van der Waals surface area contributed by atoms with Crippen LogP contribution in [0.1, 0.15) is 51.7 Å². The number of carbonyl (C=O) groups excluding carboxylic acids is 1. The largest absolute Gasteiger partial charge is 0.481 e. The highest BCUT2D eigenvalue weighted by atomic mass is 16.5. The number of nitrogens with zero attached hydrogens (tertiary/aromatic N) is 1. The first-order chi connectivity index (χ1) is 9.40. The number of likely N-dealkylation sites (N-methyl/N-ethyl adjacent to an activating group) is 1. The first-order valence-electron chi connectivity index (χ1n) is 7.46. The van der Waals surface area contributed by atoms with Crippen molar-refractivity contribution in [1.29, 1.82) is 0 Å². The van der Waals surface area contributed by atoms with Crippen LogP contribution in [0.3, 0.4) is 0 Å². The molecule has 3 heteroatoms. The van der Waals surface area contributed by atoms with Crippen molar-refractivity contribution in [2.45, 2.75) is 53.6 Å². The van der Waals surface area contributed by atoms with Crippen LogP contribution in [-0.2, 0) is 4.79 Å². The van der Waals surface area contributed by atoms with Crippen molar-refractivity contribution >= 4 is 5.91 Å². The van der Waals surface area contributed by atoms with Crippen LogP contribution in [-0.4, -0.2) is 30.0 Å². The number of ether oxygens (including phenoxy) is 1. The summed E-state index contributed by atoms with van der Waals surface area (Å²) in [5, 5.41) is 0. The van der Waals surface area contributed by atoms with Crippen molar-refractivity contribution in [3.63, 3.8) is 0 Å². The van der Waals surface area contributed by atoms with Gasteiger partial charge in [-0.3, -0.25) is 4.79 Å². The second-order valence-corrected chi connectivity index (χ2v) is 5.47. The van der Waals surface area contributed by atoms with Gasteiger partial charge in [0.1, 0.15) is 5.75 Å². The Kier molecular flexibility index (Phi) is 6.05. The highest BCUT2D eigenvalue weighted by Gasteiger charge is 2.21. The quantitative estimate of drug-likeness (QED) is 0.792. The Morgan fingerprint density at radius 2 is 1.80 bits per heavy atom. The smallest absolute Gasteiger partial charge is 0.263 e. The highest BCUT2D eigenvalue weighted by Crippen LogP contribution is 2.28. The van der Waals surface area contributed by atoms with Gasteiger partial charge in [0.15, 0.2) is 6.10 Å². The number of amides is 1. The van der Waals surface area contributed by atoms with E-state index in [1.807, 2.05) is 33.8 Å². The van der Waals surface area contributed by atoms with Gasteiger partial charge in [0.2, 0.25) is 0 Å². The van der Waals surface area contributed by atoms with Crippen LogP contribution >= 0.6 is 0 Å². The van der Waals surface area contributed by atoms with Crippen LogP contribution in [0, 0.1) is 6.92 Å². The molecule has 0 N–H and O–H groups in total. The molecule has 0 spiro atoms. The van der Waals surface area contributed by atoms with Gasteiger partial charge < -0.3 is 9.64 Å². The first-order valence-corrected chi connectivity index (χ1v) is 7.46. The average Bonchev–Trinajstić information content (AvgIpc) is 2.39. The maximum Gasteiger partial charge on any atom is 0.263 e. The van der Waals surface area contributed by atoms with Gasteiger partial charge in [0, 0.05) is 13.1 Å². The molecule has 1 aromatic carbocycles. The summed E-state index contributed by atoms with van der Waals surface area (Å²) in [6.45, 7) is 13.5. The van der Waals surface area contributed by atoms with Gasteiger partial charge in [-0.05, 0) is 50.8 Å².